The Bertz CT molecular complexity index is 236. The lowest BCUT2D eigenvalue weighted by molar-refractivity contribution is 0.642. The Balaban J connectivity index is 2.79. The normalized spacial score (nSPS) is 11.0. The molecule has 0 fully saturated rings. The molecule has 2 heteroatoms. The van der Waals surface area contributed by atoms with Crippen LogP contribution in [0.2, 0.25) is 0 Å². The highest BCUT2D eigenvalue weighted by molar-refractivity contribution is 5.15. The van der Waals surface area contributed by atoms with Crippen molar-refractivity contribution in [3.8, 4) is 0 Å². The molecule has 1 heterocycles. The Morgan fingerprint density at radius 1 is 1.55 bits per heavy atom. The van der Waals surface area contributed by atoms with E-state index in [-0.39, 0.29) is 0 Å². The first-order valence-electron chi connectivity index (χ1n) is 4.08. The van der Waals surface area contributed by atoms with Crippen molar-refractivity contribution in [1.82, 2.24) is 9.78 Å². The summed E-state index contributed by atoms with van der Waals surface area (Å²) in [6.45, 7) is 6.57. The Hall–Kier alpha value is -0.790. The van der Waals surface area contributed by atoms with Crippen LogP contribution in [-0.4, -0.2) is 9.78 Å². The molecular weight excluding hydrogens is 136 g/mol. The predicted molar refractivity (Wildman–Crippen MR) is 46.5 cm³/mol. The van der Waals surface area contributed by atoms with Gasteiger partial charge >= 0.3 is 0 Å². The molecule has 0 aliphatic carbocycles. The monoisotopic (exact) mass is 152 g/mol. The van der Waals surface area contributed by atoms with Crippen molar-refractivity contribution in [3.05, 3.63) is 17.5 Å². The standard InChI is InChI=1S/C9H16N2/c1-7(2)5-9-6-10-11(4)8(9)3/h6-7H,5H2,1-4H3. The van der Waals surface area contributed by atoms with Crippen LogP contribution in [0.4, 0.5) is 0 Å². The van der Waals surface area contributed by atoms with Gasteiger partial charge in [-0.2, -0.15) is 5.10 Å². The van der Waals surface area contributed by atoms with Gasteiger partial charge in [-0.15, -0.1) is 0 Å². The molecule has 1 aromatic rings. The number of nitrogens with zero attached hydrogens (tertiary/aromatic N) is 2. The van der Waals surface area contributed by atoms with Gasteiger partial charge in [0.05, 0.1) is 6.20 Å². The van der Waals surface area contributed by atoms with Crippen LogP contribution in [0.3, 0.4) is 0 Å². The molecule has 62 valence electrons. The largest absolute Gasteiger partial charge is 0.273 e. The average Bonchev–Trinajstić information content (AvgIpc) is 2.18. The van der Waals surface area contributed by atoms with Crippen LogP contribution < -0.4 is 0 Å². The summed E-state index contributed by atoms with van der Waals surface area (Å²) in [5.41, 5.74) is 2.67. The number of hydrogen-bond donors (Lipinski definition) is 0. The third-order valence-electron chi connectivity index (χ3n) is 1.97. The number of aryl methyl sites for hydroxylation is 1. The van der Waals surface area contributed by atoms with Gasteiger partial charge in [0, 0.05) is 12.7 Å². The van der Waals surface area contributed by atoms with Crippen molar-refractivity contribution in [2.45, 2.75) is 27.2 Å². The summed E-state index contributed by atoms with van der Waals surface area (Å²) in [4.78, 5) is 0. The molecule has 0 aliphatic heterocycles. The summed E-state index contributed by atoms with van der Waals surface area (Å²) in [5, 5.41) is 4.19. The molecule has 0 saturated heterocycles. The molecular formula is C9H16N2. The summed E-state index contributed by atoms with van der Waals surface area (Å²) in [6.07, 6.45) is 3.11. The fraction of sp³-hybridized carbons (Fsp3) is 0.667. The van der Waals surface area contributed by atoms with E-state index in [0.717, 1.165) is 12.3 Å². The smallest absolute Gasteiger partial charge is 0.0524 e. The fourth-order valence-corrected chi connectivity index (χ4v) is 1.18. The lowest BCUT2D eigenvalue weighted by atomic mass is 10.0. The zero-order valence-electron chi connectivity index (χ0n) is 7.76. The predicted octanol–water partition coefficient (Wildman–Crippen LogP) is 1.93. The lowest BCUT2D eigenvalue weighted by Gasteiger charge is -2.02. The van der Waals surface area contributed by atoms with E-state index in [1.165, 1.54) is 11.3 Å². The second-order valence-electron chi connectivity index (χ2n) is 3.48. The third kappa shape index (κ3) is 1.82. The van der Waals surface area contributed by atoms with Gasteiger partial charge < -0.3 is 0 Å². The maximum absolute atomic E-state index is 4.19. The van der Waals surface area contributed by atoms with Crippen molar-refractivity contribution in [3.63, 3.8) is 0 Å². The Kier molecular flexibility index (Phi) is 2.32. The van der Waals surface area contributed by atoms with Crippen LogP contribution in [0.25, 0.3) is 0 Å². The highest BCUT2D eigenvalue weighted by atomic mass is 15.3. The van der Waals surface area contributed by atoms with E-state index in [0.29, 0.717) is 0 Å². The van der Waals surface area contributed by atoms with Gasteiger partial charge in [0.2, 0.25) is 0 Å². The van der Waals surface area contributed by atoms with E-state index in [1.807, 2.05) is 17.9 Å². The van der Waals surface area contributed by atoms with Crippen molar-refractivity contribution in [2.75, 3.05) is 0 Å². The van der Waals surface area contributed by atoms with E-state index in [1.54, 1.807) is 0 Å². The molecule has 0 saturated carbocycles. The number of aromatic nitrogens is 2. The molecule has 0 aliphatic rings. The van der Waals surface area contributed by atoms with E-state index < -0.39 is 0 Å². The maximum atomic E-state index is 4.19. The first kappa shape index (κ1) is 8.31. The van der Waals surface area contributed by atoms with E-state index in [4.69, 9.17) is 0 Å². The molecule has 0 radical (unpaired) electrons. The summed E-state index contributed by atoms with van der Waals surface area (Å²) in [7, 11) is 1.99. The Morgan fingerprint density at radius 3 is 2.55 bits per heavy atom. The van der Waals surface area contributed by atoms with Crippen molar-refractivity contribution >= 4 is 0 Å². The molecule has 0 amide bonds. The molecule has 0 aromatic carbocycles. The summed E-state index contributed by atoms with van der Waals surface area (Å²) in [5.74, 6) is 0.720. The molecule has 0 spiro atoms. The molecule has 1 rings (SSSR count). The quantitative estimate of drug-likeness (QED) is 0.633. The van der Waals surface area contributed by atoms with Gasteiger partial charge in [-0.05, 0) is 24.8 Å². The molecule has 0 N–H and O–H groups in total. The maximum Gasteiger partial charge on any atom is 0.0524 e. The lowest BCUT2D eigenvalue weighted by Crippen LogP contribution is -1.97. The second-order valence-corrected chi connectivity index (χ2v) is 3.48. The molecule has 0 unspecified atom stereocenters. The van der Waals surface area contributed by atoms with Gasteiger partial charge in [-0.1, -0.05) is 13.8 Å². The molecule has 1 aromatic heterocycles. The molecule has 11 heavy (non-hydrogen) atoms. The van der Waals surface area contributed by atoms with E-state index in [2.05, 4.69) is 25.9 Å². The summed E-state index contributed by atoms with van der Waals surface area (Å²) >= 11 is 0. The molecule has 0 atom stereocenters. The van der Waals surface area contributed by atoms with Crippen molar-refractivity contribution in [2.24, 2.45) is 13.0 Å². The SMILES string of the molecule is Cc1c(CC(C)C)cnn1C. The zero-order valence-corrected chi connectivity index (χ0v) is 7.76. The number of hydrogen-bond acceptors (Lipinski definition) is 1. The van der Waals surface area contributed by atoms with Crippen LogP contribution in [-0.2, 0) is 13.5 Å². The third-order valence-corrected chi connectivity index (χ3v) is 1.97. The second kappa shape index (κ2) is 3.07. The molecule has 2 nitrogen and oxygen atoms in total. The van der Waals surface area contributed by atoms with Gasteiger partial charge in [-0.25, -0.2) is 0 Å². The van der Waals surface area contributed by atoms with Crippen molar-refractivity contribution in [1.29, 1.82) is 0 Å². The van der Waals surface area contributed by atoms with Crippen LogP contribution in [0.15, 0.2) is 6.20 Å². The number of rotatable bonds is 2. The highest BCUT2D eigenvalue weighted by Crippen LogP contribution is 2.11. The zero-order chi connectivity index (χ0) is 8.43. The minimum absolute atomic E-state index is 0.720. The van der Waals surface area contributed by atoms with Crippen LogP contribution in [0.5, 0.6) is 0 Å². The Labute approximate surface area is 68.2 Å². The first-order chi connectivity index (χ1) is 5.11. The topological polar surface area (TPSA) is 17.8 Å². The van der Waals surface area contributed by atoms with Gasteiger partial charge in [0.15, 0.2) is 0 Å². The van der Waals surface area contributed by atoms with Crippen LogP contribution in [0, 0.1) is 12.8 Å². The van der Waals surface area contributed by atoms with E-state index in [9.17, 15) is 0 Å². The van der Waals surface area contributed by atoms with Crippen LogP contribution in [0.1, 0.15) is 25.1 Å². The highest BCUT2D eigenvalue weighted by Gasteiger charge is 2.04. The summed E-state index contributed by atoms with van der Waals surface area (Å²) in [6, 6.07) is 0. The van der Waals surface area contributed by atoms with E-state index >= 15 is 0 Å². The Morgan fingerprint density at radius 2 is 2.18 bits per heavy atom. The van der Waals surface area contributed by atoms with Gasteiger partial charge in [-0.3, -0.25) is 4.68 Å². The fourth-order valence-electron chi connectivity index (χ4n) is 1.18. The average molecular weight is 152 g/mol. The molecule has 0 bridgehead atoms. The first-order valence-corrected chi connectivity index (χ1v) is 4.08. The summed E-state index contributed by atoms with van der Waals surface area (Å²) < 4.78 is 1.93. The van der Waals surface area contributed by atoms with Gasteiger partial charge in [0.1, 0.15) is 0 Å². The van der Waals surface area contributed by atoms with Crippen molar-refractivity contribution < 1.29 is 0 Å². The van der Waals surface area contributed by atoms with Crippen LogP contribution >= 0.6 is 0 Å². The minimum atomic E-state index is 0.720. The minimum Gasteiger partial charge on any atom is -0.273 e. The van der Waals surface area contributed by atoms with Gasteiger partial charge in [0.25, 0.3) is 0 Å².